The van der Waals surface area contributed by atoms with Gasteiger partial charge >= 0.3 is 0 Å². The van der Waals surface area contributed by atoms with Crippen LogP contribution in [-0.2, 0) is 4.79 Å². The summed E-state index contributed by atoms with van der Waals surface area (Å²) in [6.45, 7) is 6.16. The molecule has 0 aliphatic rings. The van der Waals surface area contributed by atoms with Crippen LogP contribution < -0.4 is 10.2 Å². The molecule has 0 aliphatic carbocycles. The number of rotatable bonds is 6. The third kappa shape index (κ3) is 4.70. The lowest BCUT2D eigenvalue weighted by Gasteiger charge is -2.12. The van der Waals surface area contributed by atoms with Crippen molar-refractivity contribution in [2.45, 2.75) is 26.7 Å². The first-order valence-electron chi connectivity index (χ1n) is 7.16. The number of nitrogens with zero attached hydrogens (tertiary/aromatic N) is 1. The molecule has 1 N–H and O–H groups in total. The molecule has 0 aliphatic heterocycles. The molecule has 4 nitrogen and oxygen atoms in total. The van der Waals surface area contributed by atoms with Gasteiger partial charge in [0.15, 0.2) is 6.61 Å². The molecule has 0 bridgehead atoms. The number of hydrogen-bond acceptors (Lipinski definition) is 4. The summed E-state index contributed by atoms with van der Waals surface area (Å²) in [6, 6.07) is 11.7. The second kappa shape index (κ2) is 7.75. The van der Waals surface area contributed by atoms with E-state index < -0.39 is 0 Å². The lowest BCUT2D eigenvalue weighted by molar-refractivity contribution is -0.123. The molecule has 2 rings (SSSR count). The molecule has 1 amide bonds. The Hall–Kier alpha value is -2.14. The maximum absolute atomic E-state index is 11.7. The number of ether oxygens (including phenoxy) is 1. The molecule has 0 radical (unpaired) electrons. The van der Waals surface area contributed by atoms with Crippen LogP contribution >= 0.6 is 11.3 Å². The highest BCUT2D eigenvalue weighted by Gasteiger charge is 2.08. The van der Waals surface area contributed by atoms with Crippen molar-refractivity contribution in [1.29, 1.82) is 0 Å². The zero-order valence-electron chi connectivity index (χ0n) is 13.0. The van der Waals surface area contributed by atoms with Crippen LogP contribution in [0.1, 0.15) is 35.1 Å². The summed E-state index contributed by atoms with van der Waals surface area (Å²) in [7, 11) is 0. The third-order valence-electron chi connectivity index (χ3n) is 3.04. The molecule has 0 saturated carbocycles. The number of hydrazone groups is 1. The van der Waals surface area contributed by atoms with Gasteiger partial charge in [-0.25, -0.2) is 5.43 Å². The summed E-state index contributed by atoms with van der Waals surface area (Å²) >= 11 is 1.62. The number of benzene rings is 1. The van der Waals surface area contributed by atoms with E-state index in [1.165, 1.54) is 4.88 Å². The molecule has 5 heteroatoms. The van der Waals surface area contributed by atoms with Gasteiger partial charge in [-0.2, -0.15) is 5.10 Å². The van der Waals surface area contributed by atoms with Crippen LogP contribution in [0.5, 0.6) is 5.75 Å². The van der Waals surface area contributed by atoms with Crippen LogP contribution in [0.25, 0.3) is 0 Å². The Bertz CT molecular complexity index is 662. The van der Waals surface area contributed by atoms with Gasteiger partial charge < -0.3 is 4.74 Å². The number of thiophene rings is 1. The monoisotopic (exact) mass is 316 g/mol. The maximum atomic E-state index is 11.7. The van der Waals surface area contributed by atoms with Gasteiger partial charge in [0.25, 0.3) is 5.91 Å². The summed E-state index contributed by atoms with van der Waals surface area (Å²) in [5.74, 6) is 0.813. The second-order valence-electron chi connectivity index (χ2n) is 5.22. The van der Waals surface area contributed by atoms with Crippen LogP contribution in [0.15, 0.2) is 41.5 Å². The van der Waals surface area contributed by atoms with Gasteiger partial charge in [-0.15, -0.1) is 11.3 Å². The van der Waals surface area contributed by atoms with Crippen molar-refractivity contribution in [1.82, 2.24) is 5.43 Å². The average molecular weight is 316 g/mol. The van der Waals surface area contributed by atoms with Gasteiger partial charge in [0.05, 0.1) is 6.21 Å². The van der Waals surface area contributed by atoms with Crippen molar-refractivity contribution in [3.05, 3.63) is 51.7 Å². The molecule has 0 unspecified atom stereocenters. The quantitative estimate of drug-likeness (QED) is 0.652. The number of carbonyl (C=O) groups excluding carboxylic acids is 1. The molecule has 1 aromatic heterocycles. The Kier molecular flexibility index (Phi) is 5.72. The standard InChI is InChI=1S/C17H20N2O2S/c1-12(2)15-6-4-5-7-16(15)21-11-17(20)19-18-10-14-9-8-13(3)22-14/h4-10,12H,11H2,1-3H3,(H,19,20). The molecule has 22 heavy (non-hydrogen) atoms. The molecular formula is C17H20N2O2S. The molecule has 0 fully saturated rings. The minimum absolute atomic E-state index is 0.0511. The molecule has 0 atom stereocenters. The zero-order valence-corrected chi connectivity index (χ0v) is 13.8. The Morgan fingerprint density at radius 1 is 1.32 bits per heavy atom. The number of hydrogen-bond donors (Lipinski definition) is 1. The first-order chi connectivity index (χ1) is 10.6. The van der Waals surface area contributed by atoms with Crippen molar-refractivity contribution in [3.8, 4) is 5.75 Å². The zero-order chi connectivity index (χ0) is 15.9. The van der Waals surface area contributed by atoms with E-state index in [-0.39, 0.29) is 12.5 Å². The fourth-order valence-corrected chi connectivity index (χ4v) is 2.70. The number of nitrogens with one attached hydrogen (secondary N) is 1. The van der Waals surface area contributed by atoms with Gasteiger partial charge in [-0.05, 0) is 36.6 Å². The molecule has 116 valence electrons. The van der Waals surface area contributed by atoms with Gasteiger partial charge in [-0.1, -0.05) is 32.0 Å². The van der Waals surface area contributed by atoms with Gasteiger partial charge in [0.2, 0.25) is 0 Å². The van der Waals surface area contributed by atoms with Crippen molar-refractivity contribution in [2.75, 3.05) is 6.61 Å². The van der Waals surface area contributed by atoms with Crippen molar-refractivity contribution in [3.63, 3.8) is 0 Å². The highest BCUT2D eigenvalue weighted by Crippen LogP contribution is 2.25. The normalized spacial score (nSPS) is 11.1. The lowest BCUT2D eigenvalue weighted by atomic mass is 10.0. The fraction of sp³-hybridized carbons (Fsp3) is 0.294. The van der Waals surface area contributed by atoms with Gasteiger partial charge in [-0.3, -0.25) is 4.79 Å². The first-order valence-corrected chi connectivity index (χ1v) is 7.98. The Labute approximate surface area is 134 Å². The molecular weight excluding hydrogens is 296 g/mol. The Morgan fingerprint density at radius 3 is 2.77 bits per heavy atom. The van der Waals surface area contributed by atoms with Crippen molar-refractivity contribution in [2.24, 2.45) is 5.10 Å². The van der Waals surface area contributed by atoms with Crippen molar-refractivity contribution < 1.29 is 9.53 Å². The summed E-state index contributed by atoms with van der Waals surface area (Å²) in [6.07, 6.45) is 1.64. The SMILES string of the molecule is Cc1ccc(C=NNC(=O)COc2ccccc2C(C)C)s1. The smallest absolute Gasteiger partial charge is 0.277 e. The van der Waals surface area contributed by atoms with E-state index in [0.29, 0.717) is 5.92 Å². The molecule has 1 aromatic carbocycles. The molecule has 0 spiro atoms. The average Bonchev–Trinajstić information content (AvgIpc) is 2.91. The van der Waals surface area contributed by atoms with E-state index >= 15 is 0 Å². The first kappa shape index (κ1) is 16.2. The maximum Gasteiger partial charge on any atom is 0.277 e. The predicted molar refractivity (Wildman–Crippen MR) is 90.8 cm³/mol. The third-order valence-corrected chi connectivity index (χ3v) is 3.98. The summed E-state index contributed by atoms with van der Waals surface area (Å²) in [4.78, 5) is 14.0. The number of amides is 1. The Balaban J connectivity index is 1.84. The summed E-state index contributed by atoms with van der Waals surface area (Å²) in [5, 5.41) is 3.93. The number of carbonyl (C=O) groups is 1. The summed E-state index contributed by atoms with van der Waals surface area (Å²) < 4.78 is 5.58. The molecule has 2 aromatic rings. The summed E-state index contributed by atoms with van der Waals surface area (Å²) in [5.41, 5.74) is 3.56. The van der Waals surface area contributed by atoms with E-state index in [1.807, 2.05) is 43.3 Å². The second-order valence-corrected chi connectivity index (χ2v) is 6.54. The minimum Gasteiger partial charge on any atom is -0.483 e. The number of aryl methyl sites for hydroxylation is 1. The van der Waals surface area contributed by atoms with Crippen LogP contribution in [0.2, 0.25) is 0 Å². The van der Waals surface area contributed by atoms with Crippen LogP contribution in [0, 0.1) is 6.92 Å². The topological polar surface area (TPSA) is 50.7 Å². The minimum atomic E-state index is -0.275. The van der Waals surface area contributed by atoms with E-state index in [9.17, 15) is 4.79 Å². The Morgan fingerprint density at radius 2 is 2.09 bits per heavy atom. The van der Waals surface area contributed by atoms with Gasteiger partial charge in [0.1, 0.15) is 5.75 Å². The van der Waals surface area contributed by atoms with Crippen LogP contribution in [-0.4, -0.2) is 18.7 Å². The highest BCUT2D eigenvalue weighted by molar-refractivity contribution is 7.13. The lowest BCUT2D eigenvalue weighted by Crippen LogP contribution is -2.24. The predicted octanol–water partition coefficient (Wildman–Crippen LogP) is 3.71. The highest BCUT2D eigenvalue weighted by atomic mass is 32.1. The number of para-hydroxylation sites is 1. The molecule has 1 heterocycles. The van der Waals surface area contributed by atoms with E-state index in [2.05, 4.69) is 24.4 Å². The molecule has 0 saturated heterocycles. The van der Waals surface area contributed by atoms with E-state index in [4.69, 9.17) is 4.74 Å². The van der Waals surface area contributed by atoms with Gasteiger partial charge in [0, 0.05) is 9.75 Å². The largest absolute Gasteiger partial charge is 0.483 e. The van der Waals surface area contributed by atoms with Crippen LogP contribution in [0.4, 0.5) is 0 Å². The van der Waals surface area contributed by atoms with Crippen molar-refractivity contribution >= 4 is 23.5 Å². The van der Waals surface area contributed by atoms with Crippen LogP contribution in [0.3, 0.4) is 0 Å². The van der Waals surface area contributed by atoms with E-state index in [0.717, 1.165) is 16.2 Å². The van der Waals surface area contributed by atoms with E-state index in [1.54, 1.807) is 17.6 Å². The fourth-order valence-electron chi connectivity index (χ4n) is 1.96.